The molecule has 0 aromatic rings. The molecule has 1 radical (unpaired) electrons. The molecule has 0 saturated carbocycles. The molecule has 0 aliphatic rings. The first-order chi connectivity index (χ1) is 3.42. The normalized spacial score (nSPS) is 11.1. The van der Waals surface area contributed by atoms with Crippen molar-refractivity contribution in [1.82, 2.24) is 0 Å². The van der Waals surface area contributed by atoms with E-state index in [0.29, 0.717) is 0 Å². The average Bonchev–Trinajstić information content (AvgIpc) is 1.21. The van der Waals surface area contributed by atoms with Gasteiger partial charge in [0, 0.05) is 0 Å². The molecule has 0 amide bonds. The molecule has 47 valence electrons. The third kappa shape index (κ3) is 6.11. The van der Waals surface area contributed by atoms with E-state index >= 15 is 0 Å². The highest BCUT2D eigenvalue weighted by atomic mass is 35.5. The summed E-state index contributed by atoms with van der Waals surface area (Å²) in [5, 5.41) is 0. The van der Waals surface area contributed by atoms with Gasteiger partial charge in [0.2, 0.25) is 0 Å². The molecule has 5 heteroatoms. The number of hydrogen-bond donors (Lipinski definition) is 0. The van der Waals surface area contributed by atoms with E-state index in [-0.39, 0.29) is 0 Å². The maximum Gasteiger partial charge on any atom is 0.419 e. The summed E-state index contributed by atoms with van der Waals surface area (Å²) in [5.41, 5.74) is 0. The van der Waals surface area contributed by atoms with Gasteiger partial charge in [-0.05, 0) is 0 Å². The van der Waals surface area contributed by atoms with Crippen LogP contribution in [0.4, 0.5) is 13.2 Å². The van der Waals surface area contributed by atoms with Crippen LogP contribution < -0.4 is 0 Å². The second-order valence-electron chi connectivity index (χ2n) is 0.883. The van der Waals surface area contributed by atoms with E-state index in [9.17, 15) is 13.2 Å². The molecule has 0 rings (SSSR count). The Morgan fingerprint density at radius 3 is 1.62 bits per heavy atom. The van der Waals surface area contributed by atoms with Gasteiger partial charge in [0.05, 0.1) is 0 Å². The van der Waals surface area contributed by atoms with Crippen molar-refractivity contribution in [2.24, 2.45) is 0 Å². The van der Waals surface area contributed by atoms with Crippen LogP contribution in [0.3, 0.4) is 0 Å². The van der Waals surface area contributed by atoms with Gasteiger partial charge in [-0.1, -0.05) is 23.2 Å². The van der Waals surface area contributed by atoms with Crippen molar-refractivity contribution in [3.05, 3.63) is 10.6 Å². The molecule has 0 spiro atoms. The van der Waals surface area contributed by atoms with E-state index in [1.807, 2.05) is 0 Å². The van der Waals surface area contributed by atoms with E-state index in [1.54, 1.807) is 0 Å². The number of hydrogen-bond acceptors (Lipinski definition) is 0. The minimum absolute atomic E-state index is 0.829. The molecular formula is C3Cl2F3. The van der Waals surface area contributed by atoms with Gasteiger partial charge in [0.1, 0.15) is 10.6 Å². The maximum absolute atomic E-state index is 11.0. The van der Waals surface area contributed by atoms with Crippen LogP contribution in [-0.2, 0) is 0 Å². The number of halogens is 5. The molecule has 0 nitrogen and oxygen atoms in total. The maximum atomic E-state index is 11.0. The number of allylic oxidation sites excluding steroid dienone is 1. The summed E-state index contributed by atoms with van der Waals surface area (Å²) in [5.74, 6) is 0. The topological polar surface area (TPSA) is 0 Å². The fraction of sp³-hybridized carbons (Fsp3) is 0.333. The van der Waals surface area contributed by atoms with Crippen molar-refractivity contribution in [2.75, 3.05) is 0 Å². The second kappa shape index (κ2) is 2.60. The lowest BCUT2D eigenvalue weighted by Gasteiger charge is -1.93. The second-order valence-corrected chi connectivity index (χ2v) is 1.83. The third-order valence-electron chi connectivity index (χ3n) is 0.236. The molecule has 0 aromatic heterocycles. The molecule has 0 aliphatic heterocycles. The van der Waals surface area contributed by atoms with Crippen LogP contribution >= 0.6 is 23.2 Å². The predicted molar refractivity (Wildman–Crippen MR) is 24.5 cm³/mol. The minimum atomic E-state index is -4.53. The Kier molecular flexibility index (Phi) is 2.63. The van der Waals surface area contributed by atoms with E-state index in [4.69, 9.17) is 0 Å². The standard InChI is InChI=1S/C3Cl2F3/c4-2(5)1-3(6,7)8. The van der Waals surface area contributed by atoms with Gasteiger partial charge in [-0.25, -0.2) is 0 Å². The summed E-state index contributed by atoms with van der Waals surface area (Å²) in [7, 11) is 0. The summed E-state index contributed by atoms with van der Waals surface area (Å²) >= 11 is 9.23. The van der Waals surface area contributed by atoms with Crippen LogP contribution in [0.15, 0.2) is 4.49 Å². The van der Waals surface area contributed by atoms with Gasteiger partial charge in [0.15, 0.2) is 0 Å². The summed E-state index contributed by atoms with van der Waals surface area (Å²) in [6.45, 7) is 0. The molecule has 0 aliphatic carbocycles. The molecule has 0 heterocycles. The summed E-state index contributed by atoms with van der Waals surface area (Å²) in [6, 6.07) is 0. The predicted octanol–water partition coefficient (Wildman–Crippen LogP) is 2.67. The van der Waals surface area contributed by atoms with Crippen LogP contribution in [0.2, 0.25) is 0 Å². The molecular weight excluding hydrogens is 164 g/mol. The zero-order chi connectivity index (χ0) is 6.78. The lowest BCUT2D eigenvalue weighted by Crippen LogP contribution is -2.01. The third-order valence-corrected chi connectivity index (χ3v) is 0.425. The van der Waals surface area contributed by atoms with Crippen LogP contribution in [-0.4, -0.2) is 6.18 Å². The zero-order valence-electron chi connectivity index (χ0n) is 3.39. The first-order valence-electron chi connectivity index (χ1n) is 1.44. The molecule has 0 atom stereocenters. The van der Waals surface area contributed by atoms with Crippen molar-refractivity contribution in [2.45, 2.75) is 6.18 Å². The Labute approximate surface area is 53.9 Å². The number of alkyl halides is 3. The van der Waals surface area contributed by atoms with E-state index in [1.165, 1.54) is 0 Å². The lowest BCUT2D eigenvalue weighted by atomic mass is 10.6. The monoisotopic (exact) mass is 163 g/mol. The van der Waals surface area contributed by atoms with Crippen LogP contribution in [0.1, 0.15) is 0 Å². The summed E-state index contributed by atoms with van der Waals surface area (Å²) in [6.07, 6.45) is -3.70. The average molecular weight is 164 g/mol. The van der Waals surface area contributed by atoms with Crippen molar-refractivity contribution >= 4 is 23.2 Å². The van der Waals surface area contributed by atoms with Crippen LogP contribution in [0.25, 0.3) is 0 Å². The number of rotatable bonds is 0. The van der Waals surface area contributed by atoms with Crippen molar-refractivity contribution in [3.8, 4) is 0 Å². The van der Waals surface area contributed by atoms with Crippen molar-refractivity contribution < 1.29 is 13.2 Å². The van der Waals surface area contributed by atoms with Crippen LogP contribution in [0, 0.1) is 6.08 Å². The van der Waals surface area contributed by atoms with Gasteiger partial charge < -0.3 is 0 Å². The Morgan fingerprint density at radius 2 is 1.62 bits per heavy atom. The Bertz CT molecular complexity index is 99.6. The minimum Gasteiger partial charge on any atom is -0.166 e. The molecule has 0 fully saturated rings. The van der Waals surface area contributed by atoms with Gasteiger partial charge >= 0.3 is 6.18 Å². The smallest absolute Gasteiger partial charge is 0.166 e. The summed E-state index contributed by atoms with van der Waals surface area (Å²) < 4.78 is 32.1. The Morgan fingerprint density at radius 1 is 1.25 bits per heavy atom. The first-order valence-corrected chi connectivity index (χ1v) is 2.20. The Balaban J connectivity index is 3.89. The summed E-state index contributed by atoms with van der Waals surface area (Å²) in [4.78, 5) is 0. The van der Waals surface area contributed by atoms with Crippen molar-refractivity contribution in [3.63, 3.8) is 0 Å². The Hall–Kier alpha value is 0.110. The lowest BCUT2D eigenvalue weighted by molar-refractivity contribution is -0.0875. The zero-order valence-corrected chi connectivity index (χ0v) is 4.90. The molecule has 0 unspecified atom stereocenters. The molecule has 8 heavy (non-hydrogen) atoms. The fourth-order valence-corrected chi connectivity index (χ4v) is 0.321. The fourth-order valence-electron chi connectivity index (χ4n) is 0.107. The van der Waals surface area contributed by atoms with Crippen molar-refractivity contribution in [1.29, 1.82) is 0 Å². The highest BCUT2D eigenvalue weighted by Crippen LogP contribution is 2.20. The van der Waals surface area contributed by atoms with Gasteiger partial charge in [-0.3, -0.25) is 0 Å². The van der Waals surface area contributed by atoms with E-state index in [2.05, 4.69) is 23.2 Å². The molecule has 0 aromatic carbocycles. The quantitative estimate of drug-likeness (QED) is 0.516. The highest BCUT2D eigenvalue weighted by molar-refractivity contribution is 6.55. The first kappa shape index (κ1) is 8.11. The van der Waals surface area contributed by atoms with Crippen LogP contribution in [0.5, 0.6) is 0 Å². The van der Waals surface area contributed by atoms with Gasteiger partial charge in [-0.2, -0.15) is 13.2 Å². The van der Waals surface area contributed by atoms with E-state index in [0.717, 1.165) is 6.08 Å². The largest absolute Gasteiger partial charge is 0.419 e. The molecule has 0 N–H and O–H groups in total. The van der Waals surface area contributed by atoms with Gasteiger partial charge in [0.25, 0.3) is 0 Å². The molecule has 0 bridgehead atoms. The van der Waals surface area contributed by atoms with E-state index < -0.39 is 10.7 Å². The SMILES string of the molecule is FC(F)(F)[C]=C(Cl)Cl. The highest BCUT2D eigenvalue weighted by Gasteiger charge is 2.24. The van der Waals surface area contributed by atoms with Gasteiger partial charge in [-0.15, -0.1) is 0 Å². The molecule has 0 saturated heterocycles.